The van der Waals surface area contributed by atoms with Crippen LogP contribution in [0.25, 0.3) is 0 Å². The second kappa shape index (κ2) is 3.98. The van der Waals surface area contributed by atoms with E-state index in [2.05, 4.69) is 39.9 Å². The van der Waals surface area contributed by atoms with Crippen LogP contribution in [0.2, 0.25) is 0 Å². The van der Waals surface area contributed by atoms with Gasteiger partial charge in [-0.05, 0) is 19.3 Å². The van der Waals surface area contributed by atoms with Gasteiger partial charge in [0, 0.05) is 10.8 Å². The molecule has 4 heteroatoms. The lowest BCUT2D eigenvalue weighted by molar-refractivity contribution is -0.137. The highest BCUT2D eigenvalue weighted by molar-refractivity contribution is 8.01. The summed E-state index contributed by atoms with van der Waals surface area (Å²) < 4.78 is -0.00363. The number of carbonyl (C=O) groups is 1. The van der Waals surface area contributed by atoms with Gasteiger partial charge in [-0.25, -0.2) is 0 Å². The normalized spacial score (nSPS) is 30.5. The number of hydrogen-bond donors (Lipinski definition) is 2. The molecule has 0 aromatic carbocycles. The molecule has 0 spiro atoms. The Balaban J connectivity index is 2.72. The Hall–Kier alpha value is -0.220. The third-order valence-corrected chi connectivity index (χ3v) is 4.75. The number of hydrogen-bond acceptors (Lipinski definition) is 3. The summed E-state index contributed by atoms with van der Waals surface area (Å²) in [5.74, 6) is -0.726. The minimum absolute atomic E-state index is 0.00363. The van der Waals surface area contributed by atoms with Crippen molar-refractivity contribution in [1.82, 2.24) is 5.32 Å². The van der Waals surface area contributed by atoms with Gasteiger partial charge in [0.25, 0.3) is 0 Å². The molecule has 15 heavy (non-hydrogen) atoms. The van der Waals surface area contributed by atoms with E-state index >= 15 is 0 Å². The summed E-state index contributed by atoms with van der Waals surface area (Å²) in [7, 11) is 0. The fourth-order valence-corrected chi connectivity index (χ4v) is 3.22. The maximum atomic E-state index is 10.8. The van der Waals surface area contributed by atoms with Crippen molar-refractivity contribution >= 4 is 17.7 Å². The number of aliphatic carboxylic acids is 1. The molecule has 0 aliphatic carbocycles. The maximum absolute atomic E-state index is 10.8. The summed E-state index contributed by atoms with van der Waals surface area (Å²) >= 11 is 1.85. The SMILES string of the molecule is CC(C)(C)C1NC(CC(=O)O)C(C)(C)S1. The Bertz CT molecular complexity index is 258. The maximum Gasteiger partial charge on any atom is 0.304 e. The lowest BCUT2D eigenvalue weighted by atomic mass is 9.94. The van der Waals surface area contributed by atoms with Crippen LogP contribution in [0, 0.1) is 5.41 Å². The molecule has 0 radical (unpaired) electrons. The van der Waals surface area contributed by atoms with Crippen molar-refractivity contribution < 1.29 is 9.90 Å². The Kier molecular flexibility index (Phi) is 3.41. The lowest BCUT2D eigenvalue weighted by Gasteiger charge is -2.27. The van der Waals surface area contributed by atoms with Gasteiger partial charge in [0.1, 0.15) is 0 Å². The van der Waals surface area contributed by atoms with Crippen LogP contribution in [-0.4, -0.2) is 27.2 Å². The second-order valence-electron chi connectivity index (χ2n) is 5.78. The van der Waals surface area contributed by atoms with Crippen molar-refractivity contribution in [2.24, 2.45) is 5.41 Å². The predicted octanol–water partition coefficient (Wildman–Crippen LogP) is 2.32. The largest absolute Gasteiger partial charge is 0.481 e. The Labute approximate surface area is 96.0 Å². The molecule has 0 amide bonds. The van der Waals surface area contributed by atoms with Gasteiger partial charge in [-0.1, -0.05) is 20.8 Å². The first-order chi connectivity index (χ1) is 6.63. The first kappa shape index (κ1) is 12.8. The molecule has 2 atom stereocenters. The van der Waals surface area contributed by atoms with Crippen LogP contribution in [0.15, 0.2) is 0 Å². The van der Waals surface area contributed by atoms with E-state index in [0.717, 1.165) is 0 Å². The third-order valence-electron chi connectivity index (χ3n) is 2.78. The van der Waals surface area contributed by atoms with Crippen molar-refractivity contribution in [3.05, 3.63) is 0 Å². The fraction of sp³-hybridized carbons (Fsp3) is 0.909. The molecular formula is C11H21NO2S. The first-order valence-electron chi connectivity index (χ1n) is 5.28. The van der Waals surface area contributed by atoms with E-state index in [0.29, 0.717) is 5.37 Å². The highest BCUT2D eigenvalue weighted by Gasteiger charge is 2.45. The van der Waals surface area contributed by atoms with Gasteiger partial charge >= 0.3 is 5.97 Å². The van der Waals surface area contributed by atoms with E-state index in [-0.39, 0.29) is 22.6 Å². The van der Waals surface area contributed by atoms with Crippen LogP contribution in [0.4, 0.5) is 0 Å². The fourth-order valence-electron chi connectivity index (χ4n) is 1.71. The molecule has 0 bridgehead atoms. The highest BCUT2D eigenvalue weighted by atomic mass is 32.2. The Morgan fingerprint density at radius 2 is 2.00 bits per heavy atom. The molecule has 0 aromatic rings. The van der Waals surface area contributed by atoms with E-state index in [4.69, 9.17) is 5.11 Å². The predicted molar refractivity (Wildman–Crippen MR) is 64.1 cm³/mol. The molecule has 3 nitrogen and oxygen atoms in total. The highest BCUT2D eigenvalue weighted by Crippen LogP contribution is 2.45. The molecule has 2 N–H and O–H groups in total. The van der Waals surface area contributed by atoms with Gasteiger partial charge in [-0.15, -0.1) is 11.8 Å². The molecule has 2 unspecified atom stereocenters. The van der Waals surface area contributed by atoms with Crippen molar-refractivity contribution in [3.8, 4) is 0 Å². The number of rotatable bonds is 2. The van der Waals surface area contributed by atoms with Crippen LogP contribution in [0.5, 0.6) is 0 Å². The van der Waals surface area contributed by atoms with Gasteiger partial charge in [0.15, 0.2) is 0 Å². The molecule has 1 saturated heterocycles. The first-order valence-corrected chi connectivity index (χ1v) is 6.16. The van der Waals surface area contributed by atoms with Crippen LogP contribution in [-0.2, 0) is 4.79 Å². The molecule has 1 fully saturated rings. The minimum atomic E-state index is -0.726. The van der Waals surface area contributed by atoms with Gasteiger partial charge in [-0.2, -0.15) is 0 Å². The topological polar surface area (TPSA) is 49.3 Å². The number of carboxylic acids is 1. The zero-order valence-corrected chi connectivity index (χ0v) is 10.9. The third kappa shape index (κ3) is 3.11. The average Bonchev–Trinajstić information content (AvgIpc) is 2.24. The van der Waals surface area contributed by atoms with E-state index < -0.39 is 5.97 Å². The van der Waals surface area contributed by atoms with E-state index in [1.54, 1.807) is 0 Å². The summed E-state index contributed by atoms with van der Waals surface area (Å²) in [6.45, 7) is 10.8. The number of nitrogens with one attached hydrogen (secondary N) is 1. The standard InChI is InChI=1S/C11H21NO2S/c1-10(2,3)9-12-7(6-8(13)14)11(4,5)15-9/h7,9,12H,6H2,1-5H3,(H,13,14). The smallest absolute Gasteiger partial charge is 0.304 e. The van der Waals surface area contributed by atoms with Crippen LogP contribution in [0.1, 0.15) is 41.0 Å². The monoisotopic (exact) mass is 231 g/mol. The number of carboxylic acid groups (broad SMARTS) is 1. The van der Waals surface area contributed by atoms with Crippen molar-refractivity contribution in [3.63, 3.8) is 0 Å². The van der Waals surface area contributed by atoms with Crippen molar-refractivity contribution in [1.29, 1.82) is 0 Å². The molecule has 1 heterocycles. The summed E-state index contributed by atoms with van der Waals surface area (Å²) in [6.07, 6.45) is 0.201. The molecule has 0 saturated carbocycles. The lowest BCUT2D eigenvalue weighted by Crippen LogP contribution is -2.42. The zero-order valence-electron chi connectivity index (χ0n) is 10.1. The Morgan fingerprint density at radius 1 is 1.47 bits per heavy atom. The van der Waals surface area contributed by atoms with Gasteiger partial charge in [0.05, 0.1) is 11.8 Å². The molecular weight excluding hydrogens is 210 g/mol. The summed E-state index contributed by atoms with van der Waals surface area (Å²) in [6, 6.07) is 0.0595. The molecule has 88 valence electrons. The average molecular weight is 231 g/mol. The quantitative estimate of drug-likeness (QED) is 0.765. The van der Waals surface area contributed by atoms with Gasteiger partial charge < -0.3 is 10.4 Å². The summed E-state index contributed by atoms with van der Waals surface area (Å²) in [5.41, 5.74) is 0.162. The molecule has 1 aliphatic rings. The van der Waals surface area contributed by atoms with Gasteiger partial charge in [-0.3, -0.25) is 4.79 Å². The van der Waals surface area contributed by atoms with Crippen LogP contribution >= 0.6 is 11.8 Å². The van der Waals surface area contributed by atoms with Crippen molar-refractivity contribution in [2.75, 3.05) is 0 Å². The summed E-state index contributed by atoms with van der Waals surface area (Å²) in [5, 5.41) is 12.6. The van der Waals surface area contributed by atoms with E-state index in [1.807, 2.05) is 11.8 Å². The molecule has 1 aliphatic heterocycles. The van der Waals surface area contributed by atoms with E-state index in [1.165, 1.54) is 0 Å². The molecule has 0 aromatic heterocycles. The minimum Gasteiger partial charge on any atom is -0.481 e. The van der Waals surface area contributed by atoms with E-state index in [9.17, 15) is 4.79 Å². The zero-order chi connectivity index (χ0) is 11.9. The second-order valence-corrected chi connectivity index (χ2v) is 7.54. The molecule has 1 rings (SSSR count). The summed E-state index contributed by atoms with van der Waals surface area (Å²) in [4.78, 5) is 10.8. The van der Waals surface area contributed by atoms with Gasteiger partial charge in [0.2, 0.25) is 0 Å². The Morgan fingerprint density at radius 3 is 2.33 bits per heavy atom. The van der Waals surface area contributed by atoms with Crippen molar-refractivity contribution in [2.45, 2.75) is 57.2 Å². The van der Waals surface area contributed by atoms with Crippen LogP contribution in [0.3, 0.4) is 0 Å². The van der Waals surface area contributed by atoms with Crippen LogP contribution < -0.4 is 5.32 Å². The number of thioether (sulfide) groups is 1.